The fraction of sp³-hybridized carbons (Fsp3) is 0.600. The molecule has 1 aliphatic rings. The Morgan fingerprint density at radius 3 is 2.76 bits per heavy atom. The molecule has 0 atom stereocenters. The molecule has 1 nitrogen and oxygen atoms in total. The first-order valence-electron chi connectivity index (χ1n) is 6.63. The Morgan fingerprint density at radius 1 is 1.41 bits per heavy atom. The predicted octanol–water partition coefficient (Wildman–Crippen LogP) is 4.12. The summed E-state index contributed by atoms with van der Waals surface area (Å²) in [6, 6.07) is 8.84. The van der Waals surface area contributed by atoms with Gasteiger partial charge in [0.2, 0.25) is 0 Å². The molecule has 0 bridgehead atoms. The van der Waals surface area contributed by atoms with Crippen LogP contribution in [0.3, 0.4) is 0 Å². The molecule has 1 N–H and O–H groups in total. The lowest BCUT2D eigenvalue weighted by atomic mass is 9.59. The summed E-state index contributed by atoms with van der Waals surface area (Å²) in [6.07, 6.45) is 3.85. The van der Waals surface area contributed by atoms with Crippen LogP contribution < -0.4 is 5.32 Å². The second-order valence-electron chi connectivity index (χ2n) is 5.48. The second-order valence-corrected chi connectivity index (χ2v) is 6.40. The number of benzene rings is 1. The molecular formula is C15H22BrN. The van der Waals surface area contributed by atoms with Gasteiger partial charge >= 0.3 is 0 Å². The SMILES string of the molecule is CCCNCC1(c2cccc(Br)c2)CC(C)C1. The summed E-state index contributed by atoms with van der Waals surface area (Å²) in [5.41, 5.74) is 1.88. The van der Waals surface area contributed by atoms with E-state index in [4.69, 9.17) is 0 Å². The Bertz CT molecular complexity index is 369. The maximum atomic E-state index is 3.60. The second kappa shape index (κ2) is 5.53. The van der Waals surface area contributed by atoms with Crippen molar-refractivity contribution >= 4 is 15.9 Å². The summed E-state index contributed by atoms with van der Waals surface area (Å²) >= 11 is 3.58. The van der Waals surface area contributed by atoms with E-state index in [1.807, 2.05) is 0 Å². The average Bonchev–Trinajstić information content (AvgIpc) is 2.26. The third-order valence-corrected chi connectivity index (χ3v) is 4.30. The van der Waals surface area contributed by atoms with E-state index in [1.54, 1.807) is 0 Å². The summed E-state index contributed by atoms with van der Waals surface area (Å²) in [7, 11) is 0. The Labute approximate surface area is 113 Å². The van der Waals surface area contributed by atoms with Gasteiger partial charge in [-0.3, -0.25) is 0 Å². The molecule has 2 rings (SSSR count). The molecule has 17 heavy (non-hydrogen) atoms. The lowest BCUT2D eigenvalue weighted by Crippen LogP contribution is -2.48. The van der Waals surface area contributed by atoms with Crippen molar-refractivity contribution in [3.63, 3.8) is 0 Å². The smallest absolute Gasteiger partial charge is 0.0178 e. The molecule has 0 amide bonds. The van der Waals surface area contributed by atoms with E-state index >= 15 is 0 Å². The summed E-state index contributed by atoms with van der Waals surface area (Å²) in [5.74, 6) is 0.873. The first kappa shape index (κ1) is 13.1. The van der Waals surface area contributed by atoms with Gasteiger partial charge in [-0.05, 0) is 49.4 Å². The van der Waals surface area contributed by atoms with Gasteiger partial charge < -0.3 is 5.32 Å². The normalized spacial score (nSPS) is 27.8. The molecular weight excluding hydrogens is 274 g/mol. The molecule has 1 fully saturated rings. The Hall–Kier alpha value is -0.340. The van der Waals surface area contributed by atoms with Crippen molar-refractivity contribution in [2.75, 3.05) is 13.1 Å². The largest absolute Gasteiger partial charge is 0.316 e. The van der Waals surface area contributed by atoms with Crippen LogP contribution in [0, 0.1) is 5.92 Å². The molecule has 2 heteroatoms. The van der Waals surface area contributed by atoms with Crippen LogP contribution in [0.25, 0.3) is 0 Å². The highest BCUT2D eigenvalue weighted by atomic mass is 79.9. The van der Waals surface area contributed by atoms with E-state index in [0.29, 0.717) is 5.41 Å². The van der Waals surface area contributed by atoms with Crippen LogP contribution in [-0.2, 0) is 5.41 Å². The quantitative estimate of drug-likeness (QED) is 0.806. The average molecular weight is 296 g/mol. The van der Waals surface area contributed by atoms with Crippen LogP contribution in [-0.4, -0.2) is 13.1 Å². The van der Waals surface area contributed by atoms with Gasteiger partial charge in [-0.2, -0.15) is 0 Å². The summed E-state index contributed by atoms with van der Waals surface area (Å²) in [5, 5.41) is 3.60. The van der Waals surface area contributed by atoms with Crippen molar-refractivity contribution in [1.82, 2.24) is 5.32 Å². The minimum absolute atomic E-state index is 0.387. The number of rotatable bonds is 5. The molecule has 0 saturated heterocycles. The number of hydrogen-bond acceptors (Lipinski definition) is 1. The summed E-state index contributed by atoms with van der Waals surface area (Å²) < 4.78 is 1.20. The third kappa shape index (κ3) is 2.92. The number of hydrogen-bond donors (Lipinski definition) is 1. The van der Waals surface area contributed by atoms with Crippen molar-refractivity contribution in [3.05, 3.63) is 34.3 Å². The van der Waals surface area contributed by atoms with E-state index in [0.717, 1.165) is 19.0 Å². The van der Waals surface area contributed by atoms with Gasteiger partial charge in [0.15, 0.2) is 0 Å². The Morgan fingerprint density at radius 2 is 2.18 bits per heavy atom. The molecule has 0 heterocycles. The van der Waals surface area contributed by atoms with Crippen LogP contribution in [0.4, 0.5) is 0 Å². The van der Waals surface area contributed by atoms with Crippen LogP contribution >= 0.6 is 15.9 Å². The molecule has 1 aromatic rings. The van der Waals surface area contributed by atoms with Gasteiger partial charge in [0.25, 0.3) is 0 Å². The number of halogens is 1. The zero-order valence-corrected chi connectivity index (χ0v) is 12.4. The monoisotopic (exact) mass is 295 g/mol. The Kier molecular flexibility index (Phi) is 4.26. The topological polar surface area (TPSA) is 12.0 Å². The van der Waals surface area contributed by atoms with Gasteiger partial charge in [0, 0.05) is 16.4 Å². The fourth-order valence-corrected chi connectivity index (χ4v) is 3.48. The Balaban J connectivity index is 2.11. The lowest BCUT2D eigenvalue weighted by Gasteiger charge is -2.47. The van der Waals surface area contributed by atoms with E-state index in [9.17, 15) is 0 Å². The maximum absolute atomic E-state index is 3.60. The summed E-state index contributed by atoms with van der Waals surface area (Å²) in [4.78, 5) is 0. The van der Waals surface area contributed by atoms with E-state index < -0.39 is 0 Å². The van der Waals surface area contributed by atoms with Crippen LogP contribution in [0.5, 0.6) is 0 Å². The minimum Gasteiger partial charge on any atom is -0.316 e. The molecule has 0 aliphatic heterocycles. The van der Waals surface area contributed by atoms with Crippen molar-refractivity contribution in [2.24, 2.45) is 5.92 Å². The maximum Gasteiger partial charge on any atom is 0.0178 e. The summed E-state index contributed by atoms with van der Waals surface area (Å²) in [6.45, 7) is 6.84. The first-order chi connectivity index (χ1) is 8.16. The van der Waals surface area contributed by atoms with Gasteiger partial charge in [-0.15, -0.1) is 0 Å². The zero-order valence-electron chi connectivity index (χ0n) is 10.8. The minimum atomic E-state index is 0.387. The van der Waals surface area contributed by atoms with Crippen molar-refractivity contribution in [1.29, 1.82) is 0 Å². The molecule has 1 aromatic carbocycles. The van der Waals surface area contributed by atoms with E-state index in [1.165, 1.54) is 29.3 Å². The standard InChI is InChI=1S/C15H22BrN/c1-3-7-17-11-15(9-12(2)10-15)13-5-4-6-14(16)8-13/h4-6,8,12,17H,3,7,9-11H2,1-2H3. The van der Waals surface area contributed by atoms with Crippen LogP contribution in [0.1, 0.15) is 38.7 Å². The number of nitrogens with one attached hydrogen (secondary N) is 1. The van der Waals surface area contributed by atoms with Crippen molar-refractivity contribution in [3.8, 4) is 0 Å². The third-order valence-electron chi connectivity index (χ3n) is 3.81. The van der Waals surface area contributed by atoms with Crippen LogP contribution in [0.2, 0.25) is 0 Å². The highest BCUT2D eigenvalue weighted by molar-refractivity contribution is 9.10. The van der Waals surface area contributed by atoms with Crippen molar-refractivity contribution < 1.29 is 0 Å². The van der Waals surface area contributed by atoms with Crippen LogP contribution in [0.15, 0.2) is 28.7 Å². The van der Waals surface area contributed by atoms with Gasteiger partial charge in [0.1, 0.15) is 0 Å². The van der Waals surface area contributed by atoms with E-state index in [-0.39, 0.29) is 0 Å². The highest BCUT2D eigenvalue weighted by Crippen LogP contribution is 2.47. The van der Waals surface area contributed by atoms with Crippen molar-refractivity contribution in [2.45, 2.75) is 38.5 Å². The lowest BCUT2D eigenvalue weighted by molar-refractivity contribution is 0.153. The van der Waals surface area contributed by atoms with Gasteiger partial charge in [-0.25, -0.2) is 0 Å². The molecule has 0 unspecified atom stereocenters. The molecule has 94 valence electrons. The molecule has 1 aliphatic carbocycles. The van der Waals surface area contributed by atoms with Gasteiger partial charge in [-0.1, -0.05) is 41.9 Å². The van der Waals surface area contributed by atoms with Gasteiger partial charge in [0.05, 0.1) is 0 Å². The highest BCUT2D eigenvalue weighted by Gasteiger charge is 2.42. The molecule has 0 aromatic heterocycles. The molecule has 0 radical (unpaired) electrons. The molecule has 1 saturated carbocycles. The predicted molar refractivity (Wildman–Crippen MR) is 77.4 cm³/mol. The van der Waals surface area contributed by atoms with E-state index in [2.05, 4.69) is 59.4 Å². The fourth-order valence-electron chi connectivity index (χ4n) is 3.08. The zero-order chi connectivity index (χ0) is 12.3. The first-order valence-corrected chi connectivity index (χ1v) is 7.42. The molecule has 0 spiro atoms.